The van der Waals surface area contributed by atoms with Crippen molar-refractivity contribution in [2.24, 2.45) is 5.92 Å². The zero-order chi connectivity index (χ0) is 10.7. The molecule has 1 atom stereocenters. The summed E-state index contributed by atoms with van der Waals surface area (Å²) in [5.41, 5.74) is 0. The van der Waals surface area contributed by atoms with E-state index in [0.29, 0.717) is 18.6 Å². The molecule has 3 nitrogen and oxygen atoms in total. The highest BCUT2D eigenvalue weighted by Gasteiger charge is 2.23. The second-order valence-corrected chi connectivity index (χ2v) is 5.16. The highest BCUT2D eigenvalue weighted by Crippen LogP contribution is 2.30. The van der Waals surface area contributed by atoms with Gasteiger partial charge in [-0.25, -0.2) is 0 Å². The average molecular weight is 210 g/mol. The predicted molar refractivity (Wildman–Crippen MR) is 60.6 cm³/mol. The SMILES string of the molecule is CC(CC1CCC1)NCC(=O)NC1CC1. The lowest BCUT2D eigenvalue weighted by molar-refractivity contribution is -0.120. The van der Waals surface area contributed by atoms with E-state index in [9.17, 15) is 4.79 Å². The van der Waals surface area contributed by atoms with Gasteiger partial charge in [0.1, 0.15) is 0 Å². The summed E-state index contributed by atoms with van der Waals surface area (Å²) in [6.07, 6.45) is 7.75. The summed E-state index contributed by atoms with van der Waals surface area (Å²) in [7, 11) is 0. The lowest BCUT2D eigenvalue weighted by Gasteiger charge is -2.28. The van der Waals surface area contributed by atoms with Gasteiger partial charge in [-0.3, -0.25) is 4.79 Å². The van der Waals surface area contributed by atoms with Crippen LogP contribution in [0.4, 0.5) is 0 Å². The number of carbonyl (C=O) groups is 1. The van der Waals surface area contributed by atoms with Gasteiger partial charge in [0, 0.05) is 12.1 Å². The van der Waals surface area contributed by atoms with Crippen molar-refractivity contribution in [1.82, 2.24) is 10.6 Å². The molecule has 0 saturated heterocycles. The van der Waals surface area contributed by atoms with Gasteiger partial charge in [-0.2, -0.15) is 0 Å². The van der Waals surface area contributed by atoms with Gasteiger partial charge in [0.15, 0.2) is 0 Å². The van der Waals surface area contributed by atoms with E-state index in [2.05, 4.69) is 17.6 Å². The van der Waals surface area contributed by atoms with Crippen LogP contribution in [0, 0.1) is 5.92 Å². The van der Waals surface area contributed by atoms with Crippen molar-refractivity contribution in [1.29, 1.82) is 0 Å². The van der Waals surface area contributed by atoms with Crippen LogP contribution in [0.15, 0.2) is 0 Å². The molecule has 2 aliphatic rings. The Morgan fingerprint density at radius 1 is 1.33 bits per heavy atom. The Labute approximate surface area is 92.0 Å². The molecule has 2 aliphatic carbocycles. The van der Waals surface area contributed by atoms with Crippen LogP contribution in [-0.2, 0) is 4.79 Å². The number of nitrogens with one attached hydrogen (secondary N) is 2. The van der Waals surface area contributed by atoms with Gasteiger partial charge in [-0.1, -0.05) is 19.3 Å². The smallest absolute Gasteiger partial charge is 0.234 e. The lowest BCUT2D eigenvalue weighted by Crippen LogP contribution is -2.39. The first-order valence-electron chi connectivity index (χ1n) is 6.27. The van der Waals surface area contributed by atoms with Crippen LogP contribution in [0.3, 0.4) is 0 Å². The molecular weight excluding hydrogens is 188 g/mol. The third-order valence-corrected chi connectivity index (χ3v) is 3.47. The Hall–Kier alpha value is -0.570. The summed E-state index contributed by atoms with van der Waals surface area (Å²) < 4.78 is 0. The second-order valence-electron chi connectivity index (χ2n) is 5.16. The minimum absolute atomic E-state index is 0.165. The zero-order valence-electron chi connectivity index (χ0n) is 9.59. The zero-order valence-corrected chi connectivity index (χ0v) is 9.59. The molecule has 1 amide bonds. The largest absolute Gasteiger partial charge is 0.352 e. The van der Waals surface area contributed by atoms with E-state index in [4.69, 9.17) is 0 Å². The Kier molecular flexibility index (Phi) is 3.62. The monoisotopic (exact) mass is 210 g/mol. The summed E-state index contributed by atoms with van der Waals surface area (Å²) in [5, 5.41) is 6.29. The topological polar surface area (TPSA) is 41.1 Å². The summed E-state index contributed by atoms with van der Waals surface area (Å²) in [4.78, 5) is 11.4. The lowest BCUT2D eigenvalue weighted by atomic mass is 9.81. The molecule has 2 rings (SSSR count). The van der Waals surface area contributed by atoms with Crippen LogP contribution in [0.1, 0.15) is 45.4 Å². The van der Waals surface area contributed by atoms with Crippen molar-refractivity contribution in [3.8, 4) is 0 Å². The van der Waals surface area contributed by atoms with Gasteiger partial charge in [0.2, 0.25) is 5.91 Å². The summed E-state index contributed by atoms with van der Waals surface area (Å²) in [6, 6.07) is 0.974. The molecule has 0 aromatic carbocycles. The van der Waals surface area contributed by atoms with Gasteiger partial charge < -0.3 is 10.6 Å². The molecule has 3 heteroatoms. The number of hydrogen-bond donors (Lipinski definition) is 2. The Bertz CT molecular complexity index is 222. The number of hydrogen-bond acceptors (Lipinski definition) is 2. The van der Waals surface area contributed by atoms with Gasteiger partial charge in [-0.05, 0) is 32.1 Å². The molecule has 2 N–H and O–H groups in total. The van der Waals surface area contributed by atoms with E-state index in [1.54, 1.807) is 0 Å². The van der Waals surface area contributed by atoms with Crippen molar-refractivity contribution in [3.05, 3.63) is 0 Å². The van der Waals surface area contributed by atoms with Crippen LogP contribution < -0.4 is 10.6 Å². The van der Waals surface area contributed by atoms with Crippen LogP contribution in [-0.4, -0.2) is 24.5 Å². The number of carbonyl (C=O) groups excluding carboxylic acids is 1. The van der Waals surface area contributed by atoms with Crippen LogP contribution in [0.2, 0.25) is 0 Å². The van der Waals surface area contributed by atoms with Crippen molar-refractivity contribution in [2.75, 3.05) is 6.54 Å². The van der Waals surface area contributed by atoms with E-state index < -0.39 is 0 Å². The van der Waals surface area contributed by atoms with Crippen molar-refractivity contribution < 1.29 is 4.79 Å². The first kappa shape index (κ1) is 10.9. The molecule has 0 aliphatic heterocycles. The quantitative estimate of drug-likeness (QED) is 0.696. The summed E-state index contributed by atoms with van der Waals surface area (Å²) in [5.74, 6) is 1.08. The molecule has 86 valence electrons. The predicted octanol–water partition coefficient (Wildman–Crippen LogP) is 1.43. The van der Waals surface area contributed by atoms with Gasteiger partial charge in [0.05, 0.1) is 6.54 Å². The third kappa shape index (κ3) is 3.82. The molecule has 0 radical (unpaired) electrons. The summed E-state index contributed by atoms with van der Waals surface area (Å²) in [6.45, 7) is 2.67. The van der Waals surface area contributed by atoms with Crippen molar-refractivity contribution >= 4 is 5.91 Å². The van der Waals surface area contributed by atoms with Crippen LogP contribution >= 0.6 is 0 Å². The fourth-order valence-corrected chi connectivity index (χ4v) is 2.09. The molecule has 0 aromatic rings. The normalized spacial score (nSPS) is 23.3. The molecule has 2 saturated carbocycles. The van der Waals surface area contributed by atoms with E-state index in [-0.39, 0.29) is 5.91 Å². The fourth-order valence-electron chi connectivity index (χ4n) is 2.09. The number of rotatable bonds is 6. The molecule has 1 unspecified atom stereocenters. The minimum Gasteiger partial charge on any atom is -0.352 e. The fraction of sp³-hybridized carbons (Fsp3) is 0.917. The Morgan fingerprint density at radius 3 is 2.60 bits per heavy atom. The van der Waals surface area contributed by atoms with Gasteiger partial charge in [-0.15, -0.1) is 0 Å². The minimum atomic E-state index is 0.165. The van der Waals surface area contributed by atoms with E-state index in [0.717, 1.165) is 5.92 Å². The number of amides is 1. The molecule has 0 heterocycles. The Balaban J connectivity index is 1.52. The molecular formula is C12H22N2O. The van der Waals surface area contributed by atoms with Crippen LogP contribution in [0.5, 0.6) is 0 Å². The van der Waals surface area contributed by atoms with Gasteiger partial charge in [0.25, 0.3) is 0 Å². The maximum Gasteiger partial charge on any atom is 0.234 e. The second kappa shape index (κ2) is 4.97. The van der Waals surface area contributed by atoms with Gasteiger partial charge >= 0.3 is 0 Å². The van der Waals surface area contributed by atoms with Crippen LogP contribution in [0.25, 0.3) is 0 Å². The molecule has 0 bridgehead atoms. The average Bonchev–Trinajstić information content (AvgIpc) is 2.92. The molecule has 0 aromatic heterocycles. The highest BCUT2D eigenvalue weighted by atomic mass is 16.2. The van der Waals surface area contributed by atoms with Crippen molar-refractivity contribution in [3.63, 3.8) is 0 Å². The standard InChI is InChI=1S/C12H22N2O/c1-9(7-10-3-2-4-10)13-8-12(15)14-11-5-6-11/h9-11,13H,2-8H2,1H3,(H,14,15). The van der Waals surface area contributed by atoms with E-state index in [1.165, 1.54) is 38.5 Å². The summed E-state index contributed by atoms with van der Waals surface area (Å²) >= 11 is 0. The van der Waals surface area contributed by atoms with E-state index in [1.807, 2.05) is 0 Å². The molecule has 2 fully saturated rings. The highest BCUT2D eigenvalue weighted by molar-refractivity contribution is 5.78. The van der Waals surface area contributed by atoms with E-state index >= 15 is 0 Å². The maximum atomic E-state index is 11.4. The van der Waals surface area contributed by atoms with Crippen molar-refractivity contribution in [2.45, 2.75) is 57.5 Å². The molecule has 15 heavy (non-hydrogen) atoms. The molecule has 0 spiro atoms. The first-order chi connectivity index (χ1) is 7.24. The third-order valence-electron chi connectivity index (χ3n) is 3.47. The first-order valence-corrected chi connectivity index (χ1v) is 6.27. The Morgan fingerprint density at radius 2 is 2.07 bits per heavy atom. The maximum absolute atomic E-state index is 11.4.